The van der Waals surface area contributed by atoms with Gasteiger partial charge in [0.1, 0.15) is 0 Å². The Morgan fingerprint density at radius 1 is 1.46 bits per heavy atom. The molecule has 74 valence electrons. The molecule has 1 rings (SSSR count). The van der Waals surface area contributed by atoms with Crippen LogP contribution >= 0.6 is 11.6 Å². The van der Waals surface area contributed by atoms with Gasteiger partial charge in [-0.15, -0.1) is 0 Å². The highest BCUT2D eigenvalue weighted by molar-refractivity contribution is 6.32. The van der Waals surface area contributed by atoms with Crippen molar-refractivity contribution in [1.29, 1.82) is 0 Å². The molecule has 0 spiro atoms. The lowest BCUT2D eigenvalue weighted by atomic mass is 10.3. The van der Waals surface area contributed by atoms with Crippen LogP contribution in [0.2, 0.25) is 5.02 Å². The predicted molar refractivity (Wildman–Crippen MR) is 42.6 cm³/mol. The minimum Gasteiger partial charge on any atom is -0.262 e. The second-order valence-corrected chi connectivity index (χ2v) is 2.96. The number of alkyl halides is 3. The van der Waals surface area contributed by atoms with Gasteiger partial charge < -0.3 is 0 Å². The molecule has 13 heavy (non-hydrogen) atoms. The van der Waals surface area contributed by atoms with Crippen LogP contribution in [-0.2, 0) is 19.6 Å². The molecule has 0 N–H and O–H groups in total. The first kappa shape index (κ1) is 10.4. The van der Waals surface area contributed by atoms with Crippen LogP contribution < -0.4 is 0 Å². The lowest BCUT2D eigenvalue weighted by molar-refractivity contribution is -0.143. The molecule has 0 amide bonds. The molecule has 1 aromatic rings. The fourth-order valence-corrected chi connectivity index (χ4v) is 1.49. The van der Waals surface area contributed by atoms with Gasteiger partial charge in [-0.2, -0.15) is 18.3 Å². The van der Waals surface area contributed by atoms with Gasteiger partial charge in [-0.3, -0.25) is 4.68 Å². The molecule has 0 bridgehead atoms. The molecule has 0 unspecified atom stereocenters. The second-order valence-electron chi connectivity index (χ2n) is 2.58. The smallest absolute Gasteiger partial charge is 0.262 e. The minimum atomic E-state index is -4.44. The molecule has 1 heterocycles. The Kier molecular flexibility index (Phi) is 2.56. The van der Waals surface area contributed by atoms with Gasteiger partial charge in [-0.05, 0) is 6.42 Å². The van der Waals surface area contributed by atoms with Crippen molar-refractivity contribution in [3.05, 3.63) is 16.4 Å². The van der Waals surface area contributed by atoms with Gasteiger partial charge in [0.15, 0.2) is 5.69 Å². The Morgan fingerprint density at radius 3 is 2.23 bits per heavy atom. The molecule has 6 heteroatoms. The molecule has 0 aliphatic carbocycles. The fraction of sp³-hybridized carbons (Fsp3) is 0.571. The van der Waals surface area contributed by atoms with Gasteiger partial charge in [0.2, 0.25) is 0 Å². The van der Waals surface area contributed by atoms with Gasteiger partial charge in [-0.25, -0.2) is 0 Å². The van der Waals surface area contributed by atoms with E-state index in [1.807, 2.05) is 0 Å². The second kappa shape index (κ2) is 3.21. The van der Waals surface area contributed by atoms with Gasteiger partial charge in [-0.1, -0.05) is 18.5 Å². The number of rotatable bonds is 1. The van der Waals surface area contributed by atoms with Crippen LogP contribution in [0, 0.1) is 0 Å². The Morgan fingerprint density at radius 2 is 2.00 bits per heavy atom. The van der Waals surface area contributed by atoms with Crippen molar-refractivity contribution < 1.29 is 13.2 Å². The Balaban J connectivity index is 3.29. The summed E-state index contributed by atoms with van der Waals surface area (Å²) in [5.74, 6) is 0. The fourth-order valence-electron chi connectivity index (χ4n) is 1.09. The van der Waals surface area contributed by atoms with E-state index in [2.05, 4.69) is 5.10 Å². The SMILES string of the molecule is CCc1nn(C)c(C(F)(F)F)c1Cl. The van der Waals surface area contributed by atoms with Crippen molar-refractivity contribution in [2.75, 3.05) is 0 Å². The summed E-state index contributed by atoms with van der Waals surface area (Å²) in [5, 5.41) is 3.37. The quantitative estimate of drug-likeness (QED) is 0.700. The van der Waals surface area contributed by atoms with E-state index in [-0.39, 0.29) is 10.7 Å². The van der Waals surface area contributed by atoms with Crippen LogP contribution in [-0.4, -0.2) is 9.78 Å². The molecule has 0 saturated carbocycles. The number of hydrogen-bond acceptors (Lipinski definition) is 1. The number of aromatic nitrogens is 2. The first-order valence-electron chi connectivity index (χ1n) is 3.66. The number of nitrogens with zero attached hydrogens (tertiary/aromatic N) is 2. The molecule has 0 aromatic carbocycles. The zero-order valence-electron chi connectivity index (χ0n) is 7.11. The van der Waals surface area contributed by atoms with E-state index in [1.54, 1.807) is 6.92 Å². The average molecular weight is 213 g/mol. The van der Waals surface area contributed by atoms with Gasteiger partial charge in [0.05, 0.1) is 10.7 Å². The van der Waals surface area contributed by atoms with Crippen LogP contribution in [0.3, 0.4) is 0 Å². The Bertz CT molecular complexity index is 316. The van der Waals surface area contributed by atoms with Gasteiger partial charge in [0, 0.05) is 7.05 Å². The van der Waals surface area contributed by atoms with Gasteiger partial charge >= 0.3 is 6.18 Å². The molecule has 2 nitrogen and oxygen atoms in total. The van der Waals surface area contributed by atoms with E-state index in [0.717, 1.165) is 4.68 Å². The molecule has 0 radical (unpaired) electrons. The third-order valence-electron chi connectivity index (χ3n) is 1.66. The highest BCUT2D eigenvalue weighted by atomic mass is 35.5. The lowest BCUT2D eigenvalue weighted by Gasteiger charge is -2.06. The van der Waals surface area contributed by atoms with Crippen LogP contribution in [0.4, 0.5) is 13.2 Å². The molecule has 0 atom stereocenters. The highest BCUT2D eigenvalue weighted by Crippen LogP contribution is 2.35. The van der Waals surface area contributed by atoms with Crippen molar-refractivity contribution in [3.8, 4) is 0 Å². The molecule has 1 aromatic heterocycles. The van der Waals surface area contributed by atoms with Crippen molar-refractivity contribution in [2.45, 2.75) is 19.5 Å². The highest BCUT2D eigenvalue weighted by Gasteiger charge is 2.38. The molecular formula is C7H8ClF3N2. The van der Waals surface area contributed by atoms with Crippen molar-refractivity contribution in [3.63, 3.8) is 0 Å². The van der Waals surface area contributed by atoms with Crippen LogP contribution in [0.1, 0.15) is 18.3 Å². The van der Waals surface area contributed by atoms with Crippen LogP contribution in [0.25, 0.3) is 0 Å². The summed E-state index contributed by atoms with van der Waals surface area (Å²) in [4.78, 5) is 0. The topological polar surface area (TPSA) is 17.8 Å². The van der Waals surface area contributed by atoms with Gasteiger partial charge in [0.25, 0.3) is 0 Å². The normalized spacial score (nSPS) is 12.2. The van der Waals surface area contributed by atoms with E-state index >= 15 is 0 Å². The summed E-state index contributed by atoms with van der Waals surface area (Å²) >= 11 is 5.51. The summed E-state index contributed by atoms with van der Waals surface area (Å²) in [7, 11) is 1.23. The summed E-state index contributed by atoms with van der Waals surface area (Å²) in [6.07, 6.45) is -4.05. The number of halogens is 4. The maximum absolute atomic E-state index is 12.3. The molecule has 0 aliphatic rings. The standard InChI is InChI=1S/C7H8ClF3N2/c1-3-4-5(8)6(7(9,10)11)13(2)12-4/h3H2,1-2H3. The van der Waals surface area contributed by atoms with E-state index in [0.29, 0.717) is 6.42 Å². The molecule has 0 saturated heterocycles. The molecular weight excluding hydrogens is 205 g/mol. The summed E-state index contributed by atoms with van der Waals surface area (Å²) in [6.45, 7) is 1.70. The Labute approximate surface area is 78.3 Å². The minimum absolute atomic E-state index is 0.275. The van der Waals surface area contributed by atoms with Crippen molar-refractivity contribution in [2.24, 2.45) is 7.05 Å². The van der Waals surface area contributed by atoms with E-state index in [9.17, 15) is 13.2 Å². The van der Waals surface area contributed by atoms with Crippen molar-refractivity contribution in [1.82, 2.24) is 9.78 Å². The van der Waals surface area contributed by atoms with E-state index < -0.39 is 11.9 Å². The first-order chi connectivity index (χ1) is 5.88. The third-order valence-corrected chi connectivity index (χ3v) is 2.06. The predicted octanol–water partition coefficient (Wildman–Crippen LogP) is 2.65. The monoisotopic (exact) mass is 212 g/mol. The first-order valence-corrected chi connectivity index (χ1v) is 4.04. The maximum Gasteiger partial charge on any atom is 0.434 e. The third kappa shape index (κ3) is 1.80. The number of aryl methyl sites for hydroxylation is 2. The van der Waals surface area contributed by atoms with Crippen molar-refractivity contribution >= 4 is 11.6 Å². The maximum atomic E-state index is 12.3. The van der Waals surface area contributed by atoms with E-state index in [1.165, 1.54) is 7.05 Å². The lowest BCUT2D eigenvalue weighted by Crippen LogP contribution is -2.12. The van der Waals surface area contributed by atoms with Crippen LogP contribution in [0.15, 0.2) is 0 Å². The Hall–Kier alpha value is -0.710. The number of hydrogen-bond donors (Lipinski definition) is 0. The summed E-state index contributed by atoms with van der Waals surface area (Å²) < 4.78 is 37.7. The van der Waals surface area contributed by atoms with Crippen LogP contribution in [0.5, 0.6) is 0 Å². The summed E-state index contributed by atoms with van der Waals surface area (Å²) in [5.41, 5.74) is -0.609. The molecule has 0 fully saturated rings. The average Bonchev–Trinajstić information content (AvgIpc) is 2.24. The summed E-state index contributed by atoms with van der Waals surface area (Å²) in [6, 6.07) is 0. The largest absolute Gasteiger partial charge is 0.434 e. The molecule has 0 aliphatic heterocycles. The van der Waals surface area contributed by atoms with E-state index in [4.69, 9.17) is 11.6 Å². The zero-order valence-corrected chi connectivity index (χ0v) is 7.87. The zero-order chi connectivity index (χ0) is 10.2.